The zero-order valence-electron chi connectivity index (χ0n) is 7.36. The standard InChI is InChI=1S/C9H12BrN3/c10-6-8-2-1-5-13(8)9-7-11-3-4-12-9/h3-4,7-8H,1-2,5-6H2. The first kappa shape index (κ1) is 8.94. The summed E-state index contributed by atoms with van der Waals surface area (Å²) in [6.45, 7) is 1.11. The summed E-state index contributed by atoms with van der Waals surface area (Å²) in [5.74, 6) is 1.00. The summed E-state index contributed by atoms with van der Waals surface area (Å²) in [5, 5.41) is 1.02. The van der Waals surface area contributed by atoms with Gasteiger partial charge in [0.2, 0.25) is 0 Å². The number of hydrogen-bond acceptors (Lipinski definition) is 3. The molecule has 1 atom stereocenters. The van der Waals surface area contributed by atoms with Crippen molar-refractivity contribution >= 4 is 21.7 Å². The van der Waals surface area contributed by atoms with Gasteiger partial charge in [0.05, 0.1) is 6.20 Å². The average molecular weight is 242 g/mol. The van der Waals surface area contributed by atoms with Crippen molar-refractivity contribution in [2.24, 2.45) is 0 Å². The maximum absolute atomic E-state index is 4.30. The SMILES string of the molecule is BrCC1CCCN1c1cnccn1. The number of anilines is 1. The van der Waals surface area contributed by atoms with E-state index in [4.69, 9.17) is 0 Å². The third-order valence-electron chi connectivity index (χ3n) is 2.40. The third-order valence-corrected chi connectivity index (χ3v) is 3.15. The number of aromatic nitrogens is 2. The van der Waals surface area contributed by atoms with Gasteiger partial charge in [-0.05, 0) is 12.8 Å². The number of rotatable bonds is 2. The minimum atomic E-state index is 0.594. The van der Waals surface area contributed by atoms with Crippen LogP contribution >= 0.6 is 15.9 Å². The molecule has 2 rings (SSSR count). The van der Waals surface area contributed by atoms with Crippen molar-refractivity contribution in [3.8, 4) is 0 Å². The first-order chi connectivity index (χ1) is 6.42. The summed E-state index contributed by atoms with van der Waals surface area (Å²) in [6, 6.07) is 0.594. The summed E-state index contributed by atoms with van der Waals surface area (Å²) in [7, 11) is 0. The minimum Gasteiger partial charge on any atom is -0.352 e. The lowest BCUT2D eigenvalue weighted by molar-refractivity contribution is 0.740. The van der Waals surface area contributed by atoms with Crippen molar-refractivity contribution in [2.45, 2.75) is 18.9 Å². The molecule has 1 unspecified atom stereocenters. The molecule has 1 saturated heterocycles. The van der Waals surface area contributed by atoms with Crippen LogP contribution < -0.4 is 4.90 Å². The molecule has 1 aliphatic rings. The van der Waals surface area contributed by atoms with E-state index in [1.807, 2.05) is 6.20 Å². The molecule has 1 aliphatic heterocycles. The summed E-state index contributed by atoms with van der Waals surface area (Å²) < 4.78 is 0. The predicted octanol–water partition coefficient (Wildman–Crippen LogP) is 1.84. The van der Waals surface area contributed by atoms with Crippen molar-refractivity contribution in [3.63, 3.8) is 0 Å². The van der Waals surface area contributed by atoms with E-state index in [0.29, 0.717) is 6.04 Å². The van der Waals surface area contributed by atoms with E-state index in [2.05, 4.69) is 30.8 Å². The highest BCUT2D eigenvalue weighted by Crippen LogP contribution is 2.23. The van der Waals surface area contributed by atoms with Crippen LogP contribution in [0.1, 0.15) is 12.8 Å². The Hall–Kier alpha value is -0.640. The molecule has 0 radical (unpaired) electrons. The normalized spacial score (nSPS) is 22.2. The van der Waals surface area contributed by atoms with Gasteiger partial charge in [-0.2, -0.15) is 0 Å². The lowest BCUT2D eigenvalue weighted by atomic mass is 10.2. The molecule has 13 heavy (non-hydrogen) atoms. The van der Waals surface area contributed by atoms with E-state index in [1.54, 1.807) is 12.4 Å². The molecule has 1 aromatic heterocycles. The van der Waals surface area contributed by atoms with E-state index in [1.165, 1.54) is 12.8 Å². The predicted molar refractivity (Wildman–Crippen MR) is 56.2 cm³/mol. The smallest absolute Gasteiger partial charge is 0.147 e. The molecule has 0 amide bonds. The van der Waals surface area contributed by atoms with Crippen molar-refractivity contribution < 1.29 is 0 Å². The zero-order valence-corrected chi connectivity index (χ0v) is 8.94. The van der Waals surface area contributed by atoms with Gasteiger partial charge in [0.25, 0.3) is 0 Å². The van der Waals surface area contributed by atoms with E-state index < -0.39 is 0 Å². The summed E-state index contributed by atoms with van der Waals surface area (Å²) in [6.07, 6.45) is 7.80. The van der Waals surface area contributed by atoms with E-state index in [0.717, 1.165) is 17.7 Å². The second-order valence-electron chi connectivity index (χ2n) is 3.21. The van der Waals surface area contributed by atoms with Crippen molar-refractivity contribution in [1.82, 2.24) is 9.97 Å². The lowest BCUT2D eigenvalue weighted by Gasteiger charge is -2.23. The largest absolute Gasteiger partial charge is 0.352 e. The van der Waals surface area contributed by atoms with Crippen LogP contribution in [0, 0.1) is 0 Å². The molecular weight excluding hydrogens is 230 g/mol. The molecule has 0 aromatic carbocycles. The molecule has 1 fully saturated rings. The number of hydrogen-bond donors (Lipinski definition) is 0. The third kappa shape index (κ3) is 1.82. The molecule has 0 aliphatic carbocycles. The van der Waals surface area contributed by atoms with Gasteiger partial charge in [0, 0.05) is 30.3 Å². The van der Waals surface area contributed by atoms with Crippen LogP contribution in [-0.2, 0) is 0 Å². The monoisotopic (exact) mass is 241 g/mol. The maximum Gasteiger partial charge on any atom is 0.147 e. The van der Waals surface area contributed by atoms with E-state index >= 15 is 0 Å². The second-order valence-corrected chi connectivity index (χ2v) is 3.85. The molecule has 0 N–H and O–H groups in total. The van der Waals surface area contributed by atoms with Crippen LogP contribution in [0.5, 0.6) is 0 Å². The van der Waals surface area contributed by atoms with Gasteiger partial charge in [0.1, 0.15) is 5.82 Å². The van der Waals surface area contributed by atoms with Crippen LogP contribution in [0.25, 0.3) is 0 Å². The van der Waals surface area contributed by atoms with Crippen LogP contribution in [-0.4, -0.2) is 27.9 Å². The first-order valence-electron chi connectivity index (χ1n) is 4.50. The number of halogens is 1. The maximum atomic E-state index is 4.30. The van der Waals surface area contributed by atoms with Gasteiger partial charge < -0.3 is 4.90 Å². The number of alkyl halides is 1. The molecule has 1 aromatic rings. The van der Waals surface area contributed by atoms with Gasteiger partial charge >= 0.3 is 0 Å². The highest BCUT2D eigenvalue weighted by molar-refractivity contribution is 9.09. The fourth-order valence-electron chi connectivity index (χ4n) is 1.74. The summed E-state index contributed by atoms with van der Waals surface area (Å²) in [4.78, 5) is 10.7. The quantitative estimate of drug-likeness (QED) is 0.741. The molecule has 0 bridgehead atoms. The van der Waals surface area contributed by atoms with Gasteiger partial charge in [0.15, 0.2) is 0 Å². The molecule has 2 heterocycles. The van der Waals surface area contributed by atoms with Gasteiger partial charge in [-0.15, -0.1) is 0 Å². The number of nitrogens with zero attached hydrogens (tertiary/aromatic N) is 3. The topological polar surface area (TPSA) is 29.0 Å². The lowest BCUT2D eigenvalue weighted by Crippen LogP contribution is -2.31. The van der Waals surface area contributed by atoms with E-state index in [-0.39, 0.29) is 0 Å². The average Bonchev–Trinajstić information content (AvgIpc) is 2.67. The molecule has 3 nitrogen and oxygen atoms in total. The van der Waals surface area contributed by atoms with Crippen LogP contribution in [0.4, 0.5) is 5.82 Å². The van der Waals surface area contributed by atoms with Crippen LogP contribution in [0.3, 0.4) is 0 Å². The van der Waals surface area contributed by atoms with Crippen molar-refractivity contribution in [2.75, 3.05) is 16.8 Å². The molecule has 70 valence electrons. The van der Waals surface area contributed by atoms with Gasteiger partial charge in [-0.3, -0.25) is 4.98 Å². The molecule has 0 saturated carbocycles. The summed E-state index contributed by atoms with van der Waals surface area (Å²) >= 11 is 3.52. The Morgan fingerprint density at radius 3 is 3.15 bits per heavy atom. The van der Waals surface area contributed by atoms with Crippen LogP contribution in [0.15, 0.2) is 18.6 Å². The Morgan fingerprint density at radius 1 is 1.54 bits per heavy atom. The van der Waals surface area contributed by atoms with Crippen LogP contribution in [0.2, 0.25) is 0 Å². The molecular formula is C9H12BrN3. The Labute approximate surface area is 86.3 Å². The summed E-state index contributed by atoms with van der Waals surface area (Å²) in [5.41, 5.74) is 0. The Kier molecular flexibility index (Phi) is 2.78. The first-order valence-corrected chi connectivity index (χ1v) is 5.62. The Bertz CT molecular complexity index is 265. The zero-order chi connectivity index (χ0) is 9.10. The highest BCUT2D eigenvalue weighted by atomic mass is 79.9. The Morgan fingerprint density at radius 2 is 2.46 bits per heavy atom. The fourth-order valence-corrected chi connectivity index (χ4v) is 2.41. The molecule has 4 heteroatoms. The van der Waals surface area contributed by atoms with Crippen molar-refractivity contribution in [3.05, 3.63) is 18.6 Å². The minimum absolute atomic E-state index is 0.594. The van der Waals surface area contributed by atoms with Gasteiger partial charge in [-0.1, -0.05) is 15.9 Å². The van der Waals surface area contributed by atoms with E-state index in [9.17, 15) is 0 Å². The highest BCUT2D eigenvalue weighted by Gasteiger charge is 2.24. The van der Waals surface area contributed by atoms with Crippen molar-refractivity contribution in [1.29, 1.82) is 0 Å². The fraction of sp³-hybridized carbons (Fsp3) is 0.556. The second kappa shape index (κ2) is 4.05. The van der Waals surface area contributed by atoms with Gasteiger partial charge in [-0.25, -0.2) is 4.98 Å². The Balaban J connectivity index is 2.16. The molecule has 0 spiro atoms.